The van der Waals surface area contributed by atoms with Crippen molar-refractivity contribution in [2.45, 2.75) is 32.8 Å². The molecule has 0 saturated carbocycles. The van der Waals surface area contributed by atoms with Gasteiger partial charge in [0.15, 0.2) is 11.5 Å². The number of hydrogen-bond donors (Lipinski definition) is 2. The molecule has 2 amide bonds. The van der Waals surface area contributed by atoms with Crippen LogP contribution in [0.15, 0.2) is 42.7 Å². The fourth-order valence-corrected chi connectivity index (χ4v) is 3.10. The first-order valence-corrected chi connectivity index (χ1v) is 10.5. The normalized spacial score (nSPS) is 11.3. The number of nitrogens with one attached hydrogen (secondary N) is 2. The van der Waals surface area contributed by atoms with Crippen molar-refractivity contribution in [2.75, 3.05) is 10.6 Å². The second-order valence-corrected chi connectivity index (χ2v) is 7.56. The molecule has 0 bridgehead atoms. The first-order chi connectivity index (χ1) is 16.7. The summed E-state index contributed by atoms with van der Waals surface area (Å²) >= 11 is 0. The summed E-state index contributed by atoms with van der Waals surface area (Å²) < 4.78 is 20.3. The molecule has 180 valence electrons. The van der Waals surface area contributed by atoms with Crippen LogP contribution in [0.3, 0.4) is 0 Å². The van der Waals surface area contributed by atoms with Crippen LogP contribution >= 0.6 is 0 Å². The molecule has 11 nitrogen and oxygen atoms in total. The summed E-state index contributed by atoms with van der Waals surface area (Å²) in [5, 5.41) is 21.8. The number of amides is 2. The van der Waals surface area contributed by atoms with E-state index in [1.54, 1.807) is 33.0 Å². The molecule has 12 heteroatoms. The second-order valence-electron chi connectivity index (χ2n) is 7.56. The van der Waals surface area contributed by atoms with E-state index in [1.165, 1.54) is 16.9 Å². The van der Waals surface area contributed by atoms with E-state index in [9.17, 15) is 14.0 Å². The Morgan fingerprint density at radius 2 is 2.06 bits per heavy atom. The van der Waals surface area contributed by atoms with Crippen molar-refractivity contribution in [1.29, 1.82) is 5.26 Å². The molecule has 3 aromatic heterocycles. The molecule has 0 aliphatic carbocycles. The van der Waals surface area contributed by atoms with Crippen molar-refractivity contribution >= 4 is 23.5 Å². The van der Waals surface area contributed by atoms with Crippen molar-refractivity contribution < 1.29 is 18.7 Å². The molecule has 0 aromatic carbocycles. The average molecular weight is 478 g/mol. The van der Waals surface area contributed by atoms with E-state index in [-0.39, 0.29) is 29.9 Å². The van der Waals surface area contributed by atoms with Crippen LogP contribution in [0, 0.1) is 24.1 Å². The number of halogens is 1. The third-order valence-electron chi connectivity index (χ3n) is 4.99. The summed E-state index contributed by atoms with van der Waals surface area (Å²) in [5.74, 6) is -0.709. The van der Waals surface area contributed by atoms with Gasteiger partial charge in [-0.05, 0) is 38.5 Å². The first-order valence-electron chi connectivity index (χ1n) is 10.5. The summed E-state index contributed by atoms with van der Waals surface area (Å²) in [6.07, 6.45) is 1.43. The lowest BCUT2D eigenvalue weighted by molar-refractivity contribution is -0.113. The zero-order chi connectivity index (χ0) is 25.5. The predicted molar refractivity (Wildman–Crippen MR) is 124 cm³/mol. The number of nitriles is 1. The molecule has 3 heterocycles. The summed E-state index contributed by atoms with van der Waals surface area (Å²) in [5.41, 5.74) is 2.35. The predicted octanol–water partition coefficient (Wildman–Crippen LogP) is 3.83. The second kappa shape index (κ2) is 11.0. The molecule has 0 saturated heterocycles. The van der Waals surface area contributed by atoms with Gasteiger partial charge < -0.3 is 10.1 Å². The molecule has 1 atom stereocenters. The molecule has 0 radical (unpaired) electrons. The lowest BCUT2D eigenvalue weighted by Crippen LogP contribution is -2.19. The van der Waals surface area contributed by atoms with Gasteiger partial charge in [-0.1, -0.05) is 11.8 Å². The topological polar surface area (TPSA) is 148 Å². The molecule has 0 spiro atoms. The standard InChI is InChI=1S/C23H23FN8O3/c1-13(6-5-9-25)22(33)28-17-7-8-19(27-12-17)20-21(32(4)31-30-20)29-23(34)35-15(3)18-10-16(24)11-26-14(18)2/h7-8,10-12,15H,1,5-6H2,2-4H3,(H,28,33)(H,29,34)/t15-/m1/s1. The summed E-state index contributed by atoms with van der Waals surface area (Å²) in [6, 6.07) is 6.43. The highest BCUT2D eigenvalue weighted by Gasteiger charge is 2.20. The number of hydrogen-bond acceptors (Lipinski definition) is 8. The monoisotopic (exact) mass is 478 g/mol. The van der Waals surface area contributed by atoms with E-state index >= 15 is 0 Å². The van der Waals surface area contributed by atoms with Crippen LogP contribution in [-0.2, 0) is 16.6 Å². The van der Waals surface area contributed by atoms with Gasteiger partial charge in [-0.3, -0.25) is 20.1 Å². The van der Waals surface area contributed by atoms with Gasteiger partial charge in [0.1, 0.15) is 11.9 Å². The van der Waals surface area contributed by atoms with E-state index in [4.69, 9.17) is 10.00 Å². The minimum Gasteiger partial charge on any atom is -0.441 e. The maximum absolute atomic E-state index is 13.5. The van der Waals surface area contributed by atoms with Crippen LogP contribution < -0.4 is 10.6 Å². The van der Waals surface area contributed by atoms with Crippen LogP contribution in [0.1, 0.15) is 37.1 Å². The van der Waals surface area contributed by atoms with Crippen molar-refractivity contribution in [3.8, 4) is 17.5 Å². The number of ether oxygens (including phenoxy) is 1. The maximum Gasteiger partial charge on any atom is 0.413 e. The lowest BCUT2D eigenvalue weighted by Gasteiger charge is -2.16. The van der Waals surface area contributed by atoms with E-state index in [1.807, 2.05) is 6.07 Å². The van der Waals surface area contributed by atoms with Gasteiger partial charge in [0.2, 0.25) is 0 Å². The Bertz CT molecular complexity index is 1300. The van der Waals surface area contributed by atoms with Crippen LogP contribution in [0.4, 0.5) is 20.7 Å². The summed E-state index contributed by atoms with van der Waals surface area (Å²) in [7, 11) is 1.58. The molecule has 2 N–H and O–H groups in total. The number of aromatic nitrogens is 5. The number of aryl methyl sites for hydroxylation is 2. The van der Waals surface area contributed by atoms with Gasteiger partial charge in [-0.2, -0.15) is 5.26 Å². The Morgan fingerprint density at radius 1 is 1.29 bits per heavy atom. The van der Waals surface area contributed by atoms with Gasteiger partial charge in [0, 0.05) is 30.3 Å². The largest absolute Gasteiger partial charge is 0.441 e. The quantitative estimate of drug-likeness (QED) is 0.464. The minimum absolute atomic E-state index is 0.200. The third kappa shape index (κ3) is 6.23. The van der Waals surface area contributed by atoms with Crippen LogP contribution in [0.2, 0.25) is 0 Å². The molecule has 3 aromatic rings. The smallest absolute Gasteiger partial charge is 0.413 e. The molecule has 0 aliphatic heterocycles. The van der Waals surface area contributed by atoms with E-state index in [2.05, 4.69) is 37.5 Å². The Labute approximate surface area is 200 Å². The molecule has 0 fully saturated rings. The van der Waals surface area contributed by atoms with Crippen LogP contribution in [0.5, 0.6) is 0 Å². The third-order valence-corrected chi connectivity index (χ3v) is 4.99. The number of pyridine rings is 2. The Balaban J connectivity index is 1.69. The van der Waals surface area contributed by atoms with Gasteiger partial charge in [-0.15, -0.1) is 5.10 Å². The Morgan fingerprint density at radius 3 is 2.74 bits per heavy atom. The summed E-state index contributed by atoms with van der Waals surface area (Å²) in [4.78, 5) is 32.9. The Hall–Kier alpha value is -4.66. The maximum atomic E-state index is 13.5. The van der Waals surface area contributed by atoms with Crippen LogP contribution in [-0.4, -0.2) is 37.0 Å². The highest BCUT2D eigenvalue weighted by atomic mass is 19.1. The van der Waals surface area contributed by atoms with Crippen molar-refractivity contribution in [2.24, 2.45) is 7.05 Å². The molecule has 3 rings (SSSR count). The first kappa shape index (κ1) is 25.0. The minimum atomic E-state index is -0.799. The van der Waals surface area contributed by atoms with Crippen molar-refractivity contribution in [1.82, 2.24) is 25.0 Å². The van der Waals surface area contributed by atoms with E-state index < -0.39 is 23.9 Å². The molecule has 35 heavy (non-hydrogen) atoms. The van der Waals surface area contributed by atoms with Gasteiger partial charge in [0.05, 0.1) is 29.8 Å². The number of nitrogens with zero attached hydrogens (tertiary/aromatic N) is 6. The number of carbonyl (C=O) groups excluding carboxylic acids is 2. The van der Waals surface area contributed by atoms with Gasteiger partial charge >= 0.3 is 6.09 Å². The van der Waals surface area contributed by atoms with Crippen molar-refractivity contribution in [3.05, 3.63) is 59.8 Å². The number of carbonyl (C=O) groups is 2. The summed E-state index contributed by atoms with van der Waals surface area (Å²) in [6.45, 7) is 6.96. The SMILES string of the molecule is C=C(CCC#N)C(=O)Nc1ccc(-c2nnn(C)c2NC(=O)O[C@H](C)c2cc(F)cnc2C)nc1. The number of rotatable bonds is 8. The van der Waals surface area contributed by atoms with Crippen molar-refractivity contribution in [3.63, 3.8) is 0 Å². The van der Waals surface area contributed by atoms with Gasteiger partial charge in [0.25, 0.3) is 5.91 Å². The zero-order valence-electron chi connectivity index (χ0n) is 19.4. The zero-order valence-corrected chi connectivity index (χ0v) is 19.4. The van der Waals surface area contributed by atoms with Crippen LogP contribution in [0.25, 0.3) is 11.4 Å². The Kier molecular flexibility index (Phi) is 7.83. The van der Waals surface area contributed by atoms with E-state index in [0.29, 0.717) is 22.6 Å². The molecular weight excluding hydrogens is 455 g/mol. The highest BCUT2D eigenvalue weighted by Crippen LogP contribution is 2.26. The van der Waals surface area contributed by atoms with E-state index in [0.717, 1.165) is 6.20 Å². The molecular formula is C23H23FN8O3. The fraction of sp³-hybridized carbons (Fsp3) is 0.261. The molecule has 0 unspecified atom stereocenters. The number of anilines is 2. The highest BCUT2D eigenvalue weighted by molar-refractivity contribution is 6.03. The molecule has 0 aliphatic rings. The average Bonchev–Trinajstić information content (AvgIpc) is 3.19. The lowest BCUT2D eigenvalue weighted by atomic mass is 10.1. The fourth-order valence-electron chi connectivity index (χ4n) is 3.10. The van der Waals surface area contributed by atoms with Gasteiger partial charge in [-0.25, -0.2) is 13.9 Å².